The minimum absolute atomic E-state index is 0.0226. The van der Waals surface area contributed by atoms with E-state index in [0.29, 0.717) is 18.5 Å². The summed E-state index contributed by atoms with van der Waals surface area (Å²) in [6.07, 6.45) is 4.16. The summed E-state index contributed by atoms with van der Waals surface area (Å²) in [6, 6.07) is 15.8. The maximum absolute atomic E-state index is 13.8. The molecule has 1 amide bonds. The number of likely N-dealkylation sites (tertiary alicyclic amines) is 1. The molecule has 0 radical (unpaired) electrons. The maximum atomic E-state index is 13.8. The monoisotopic (exact) mass is 439 g/mol. The smallest absolute Gasteiger partial charge is 0.290 e. The van der Waals surface area contributed by atoms with E-state index < -0.39 is 6.04 Å². The van der Waals surface area contributed by atoms with Gasteiger partial charge in [-0.3, -0.25) is 9.59 Å². The second-order valence-corrected chi connectivity index (χ2v) is 7.53. The first kappa shape index (κ1) is 23.1. The molecule has 1 fully saturated rings. The van der Waals surface area contributed by atoms with Gasteiger partial charge in [0.2, 0.25) is 5.91 Å². The minimum Gasteiger partial charge on any atom is -0.483 e. The van der Waals surface area contributed by atoms with Crippen molar-refractivity contribution < 1.29 is 19.1 Å². The molecule has 0 spiro atoms. The zero-order valence-electron chi connectivity index (χ0n) is 17.5. The third-order valence-corrected chi connectivity index (χ3v) is 5.32. The van der Waals surface area contributed by atoms with Crippen LogP contribution in [0.25, 0.3) is 5.69 Å². The Labute approximate surface area is 185 Å². The second kappa shape index (κ2) is 11.1. The van der Waals surface area contributed by atoms with E-state index in [-0.39, 0.29) is 30.7 Å². The van der Waals surface area contributed by atoms with Gasteiger partial charge in [0, 0.05) is 19.0 Å². The first-order valence-electron chi connectivity index (χ1n) is 10.4. The number of para-hydroxylation sites is 1. The molecule has 0 bridgehead atoms. The van der Waals surface area contributed by atoms with Gasteiger partial charge >= 0.3 is 0 Å². The number of benzene rings is 2. The Hall–Kier alpha value is -3.59. The van der Waals surface area contributed by atoms with Gasteiger partial charge in [-0.15, -0.1) is 5.10 Å². The number of carboxylic acid groups (broad SMARTS) is 1. The van der Waals surface area contributed by atoms with Gasteiger partial charge < -0.3 is 15.7 Å². The summed E-state index contributed by atoms with van der Waals surface area (Å²) in [7, 11) is 0. The van der Waals surface area contributed by atoms with Crippen molar-refractivity contribution in [3.05, 3.63) is 77.9 Å². The van der Waals surface area contributed by atoms with Crippen LogP contribution in [0, 0.1) is 5.82 Å². The molecule has 3 N–H and O–H groups in total. The van der Waals surface area contributed by atoms with E-state index in [1.807, 2.05) is 41.4 Å². The summed E-state index contributed by atoms with van der Waals surface area (Å²) >= 11 is 0. The number of halogens is 1. The van der Waals surface area contributed by atoms with E-state index >= 15 is 0 Å². The molecule has 0 saturated carbocycles. The standard InChI is InChI=1S/C22H24FN5O.CH2O2/c23-19-10-5-4-7-16(19)13-17(24)14-22(29)27-12-6-11-21(27)20-15-28(26-25-20)18-8-2-1-3-9-18;2-1-3/h1-5,7-10,15,17,21H,6,11-14,24H2;1H,(H,2,3)/t17-,21+;/m1./s1. The van der Waals surface area contributed by atoms with Crippen LogP contribution in [-0.4, -0.2) is 50.0 Å². The molecular formula is C23H26FN5O3. The number of aromatic nitrogens is 3. The van der Waals surface area contributed by atoms with Crippen LogP contribution >= 0.6 is 0 Å². The molecule has 0 unspecified atom stereocenters. The Morgan fingerprint density at radius 3 is 2.62 bits per heavy atom. The van der Waals surface area contributed by atoms with Gasteiger partial charge in [-0.05, 0) is 43.0 Å². The Kier molecular flexibility index (Phi) is 8.04. The van der Waals surface area contributed by atoms with Gasteiger partial charge in [-0.1, -0.05) is 41.6 Å². The average Bonchev–Trinajstić information content (AvgIpc) is 3.46. The molecule has 1 aliphatic rings. The Morgan fingerprint density at radius 2 is 1.91 bits per heavy atom. The van der Waals surface area contributed by atoms with E-state index in [0.717, 1.165) is 24.2 Å². The molecule has 168 valence electrons. The van der Waals surface area contributed by atoms with Gasteiger partial charge in [-0.25, -0.2) is 9.07 Å². The van der Waals surface area contributed by atoms with Crippen LogP contribution in [0.5, 0.6) is 0 Å². The lowest BCUT2D eigenvalue weighted by atomic mass is 10.0. The summed E-state index contributed by atoms with van der Waals surface area (Å²) in [5, 5.41) is 15.4. The van der Waals surface area contributed by atoms with Crippen LogP contribution < -0.4 is 5.73 Å². The predicted molar refractivity (Wildman–Crippen MR) is 116 cm³/mol. The van der Waals surface area contributed by atoms with E-state index in [1.165, 1.54) is 6.07 Å². The van der Waals surface area contributed by atoms with Crippen LogP contribution in [0.4, 0.5) is 4.39 Å². The first-order chi connectivity index (χ1) is 15.5. The number of hydrogen-bond acceptors (Lipinski definition) is 5. The highest BCUT2D eigenvalue weighted by molar-refractivity contribution is 5.77. The number of carbonyl (C=O) groups excluding carboxylic acids is 1. The lowest BCUT2D eigenvalue weighted by molar-refractivity contribution is -0.132. The van der Waals surface area contributed by atoms with Crippen LogP contribution in [0.1, 0.15) is 36.6 Å². The van der Waals surface area contributed by atoms with Crippen LogP contribution in [0.15, 0.2) is 60.8 Å². The highest BCUT2D eigenvalue weighted by Gasteiger charge is 2.32. The zero-order valence-corrected chi connectivity index (χ0v) is 17.5. The number of hydrogen-bond donors (Lipinski definition) is 2. The summed E-state index contributed by atoms with van der Waals surface area (Å²) in [6.45, 7) is 0.425. The molecule has 2 aromatic carbocycles. The summed E-state index contributed by atoms with van der Waals surface area (Å²) in [5.41, 5.74) is 8.40. The van der Waals surface area contributed by atoms with Gasteiger partial charge in [0.15, 0.2) is 0 Å². The number of rotatable bonds is 6. The average molecular weight is 439 g/mol. The molecule has 3 aromatic rings. The lowest BCUT2D eigenvalue weighted by Crippen LogP contribution is -2.36. The van der Waals surface area contributed by atoms with E-state index in [2.05, 4.69) is 10.3 Å². The van der Waals surface area contributed by atoms with Gasteiger partial charge in [0.25, 0.3) is 6.47 Å². The number of nitrogens with two attached hydrogens (primary N) is 1. The van der Waals surface area contributed by atoms with Crippen LogP contribution in [0.2, 0.25) is 0 Å². The summed E-state index contributed by atoms with van der Waals surface area (Å²) in [5.74, 6) is -0.308. The molecule has 1 aromatic heterocycles. The molecule has 1 aliphatic heterocycles. The van der Waals surface area contributed by atoms with E-state index in [9.17, 15) is 9.18 Å². The molecule has 8 nitrogen and oxygen atoms in total. The second-order valence-electron chi connectivity index (χ2n) is 7.53. The summed E-state index contributed by atoms with van der Waals surface area (Å²) in [4.78, 5) is 23.1. The van der Waals surface area contributed by atoms with Crippen molar-refractivity contribution >= 4 is 12.4 Å². The highest BCUT2D eigenvalue weighted by atomic mass is 19.1. The van der Waals surface area contributed by atoms with Crippen LogP contribution in [0.3, 0.4) is 0 Å². The highest BCUT2D eigenvalue weighted by Crippen LogP contribution is 2.31. The van der Waals surface area contributed by atoms with Crippen molar-refractivity contribution in [3.63, 3.8) is 0 Å². The van der Waals surface area contributed by atoms with Crippen molar-refractivity contribution in [1.82, 2.24) is 19.9 Å². The Balaban J connectivity index is 0.000000913. The molecule has 0 aliphatic carbocycles. The Morgan fingerprint density at radius 1 is 1.22 bits per heavy atom. The lowest BCUT2D eigenvalue weighted by Gasteiger charge is -2.24. The normalized spacial score (nSPS) is 16.2. The van der Waals surface area contributed by atoms with Crippen molar-refractivity contribution in [2.45, 2.75) is 37.8 Å². The third kappa shape index (κ3) is 5.76. The fourth-order valence-electron chi connectivity index (χ4n) is 3.87. The number of amides is 1. The molecule has 2 atom stereocenters. The fourth-order valence-corrected chi connectivity index (χ4v) is 3.87. The van der Waals surface area contributed by atoms with Crippen molar-refractivity contribution in [3.8, 4) is 5.69 Å². The minimum atomic E-state index is -0.430. The zero-order chi connectivity index (χ0) is 22.9. The fraction of sp³-hybridized carbons (Fsp3) is 0.304. The topological polar surface area (TPSA) is 114 Å². The van der Waals surface area contributed by atoms with Crippen molar-refractivity contribution in [2.75, 3.05) is 6.54 Å². The van der Waals surface area contributed by atoms with E-state index in [1.54, 1.807) is 22.9 Å². The van der Waals surface area contributed by atoms with Crippen LogP contribution in [-0.2, 0) is 16.0 Å². The quantitative estimate of drug-likeness (QED) is 0.571. The number of carbonyl (C=O) groups is 2. The molecule has 9 heteroatoms. The third-order valence-electron chi connectivity index (χ3n) is 5.32. The number of nitrogens with zero attached hydrogens (tertiary/aromatic N) is 4. The van der Waals surface area contributed by atoms with Gasteiger partial charge in [0.1, 0.15) is 11.5 Å². The largest absolute Gasteiger partial charge is 0.483 e. The molecule has 32 heavy (non-hydrogen) atoms. The SMILES string of the molecule is N[C@@H](CC(=O)N1CCC[C@H]1c1cn(-c2ccccc2)nn1)Cc1ccccc1F.O=CO. The van der Waals surface area contributed by atoms with Gasteiger partial charge in [-0.2, -0.15) is 0 Å². The van der Waals surface area contributed by atoms with Crippen molar-refractivity contribution in [2.24, 2.45) is 5.73 Å². The molecule has 4 rings (SSSR count). The van der Waals surface area contributed by atoms with Gasteiger partial charge in [0.05, 0.1) is 17.9 Å². The molecule has 2 heterocycles. The van der Waals surface area contributed by atoms with E-state index in [4.69, 9.17) is 15.6 Å². The predicted octanol–water partition coefficient (Wildman–Crippen LogP) is 2.73. The maximum Gasteiger partial charge on any atom is 0.290 e. The Bertz CT molecular complexity index is 1030. The summed E-state index contributed by atoms with van der Waals surface area (Å²) < 4.78 is 15.6. The molecule has 1 saturated heterocycles. The molecular weight excluding hydrogens is 413 g/mol. The first-order valence-corrected chi connectivity index (χ1v) is 10.4. The van der Waals surface area contributed by atoms with Crippen molar-refractivity contribution in [1.29, 1.82) is 0 Å².